The molecule has 3 rings (SSSR count). The predicted molar refractivity (Wildman–Crippen MR) is 108 cm³/mol. The van der Waals surface area contributed by atoms with Crippen LogP contribution in [0.15, 0.2) is 47.4 Å². The van der Waals surface area contributed by atoms with E-state index in [1.165, 1.54) is 0 Å². The van der Waals surface area contributed by atoms with E-state index in [2.05, 4.69) is 4.72 Å². The quantitative estimate of drug-likeness (QED) is 0.737. The molecule has 0 aliphatic carbocycles. The topological polar surface area (TPSA) is 66.5 Å². The van der Waals surface area contributed by atoms with Gasteiger partial charge in [-0.1, -0.05) is 24.9 Å². The highest BCUT2D eigenvalue weighted by Crippen LogP contribution is 2.30. The Morgan fingerprint density at radius 2 is 1.93 bits per heavy atom. The number of aryl methyl sites for hydroxylation is 1. The maximum atomic E-state index is 12.9. The van der Waals surface area contributed by atoms with Gasteiger partial charge >= 0.3 is 0 Å². The second kappa shape index (κ2) is 8.42. The summed E-state index contributed by atoms with van der Waals surface area (Å²) < 4.78 is 27.5. The first-order valence-corrected chi connectivity index (χ1v) is 11.0. The van der Waals surface area contributed by atoms with Crippen LogP contribution < -0.4 is 9.62 Å². The molecule has 1 N–H and O–H groups in total. The fourth-order valence-corrected chi connectivity index (χ4v) is 4.42. The molecule has 1 aliphatic heterocycles. The summed E-state index contributed by atoms with van der Waals surface area (Å²) in [5, 5.41) is 0.580. The number of fused-ring (bicyclic) bond motifs is 1. The highest BCUT2D eigenvalue weighted by atomic mass is 35.5. The Labute approximate surface area is 165 Å². The van der Waals surface area contributed by atoms with E-state index in [4.69, 9.17) is 11.6 Å². The molecule has 0 atom stereocenters. The van der Waals surface area contributed by atoms with Crippen LogP contribution in [0.25, 0.3) is 0 Å². The lowest BCUT2D eigenvalue weighted by Gasteiger charge is -2.30. The molecule has 5 nitrogen and oxygen atoms in total. The maximum Gasteiger partial charge on any atom is 0.258 e. The number of halogens is 1. The summed E-state index contributed by atoms with van der Waals surface area (Å²) in [6.07, 6.45) is 3.26. The van der Waals surface area contributed by atoms with Gasteiger partial charge in [-0.2, -0.15) is 0 Å². The lowest BCUT2D eigenvalue weighted by Crippen LogP contribution is -2.35. The van der Waals surface area contributed by atoms with Crippen molar-refractivity contribution in [1.29, 1.82) is 0 Å². The van der Waals surface area contributed by atoms with Crippen molar-refractivity contribution in [1.82, 2.24) is 4.72 Å². The summed E-state index contributed by atoms with van der Waals surface area (Å²) in [5.74, 6) is -0.107. The number of rotatable bonds is 6. The molecular formula is C20H23ClN2O3S. The summed E-state index contributed by atoms with van der Waals surface area (Å²) in [6.45, 7) is 3.05. The third-order valence-electron chi connectivity index (χ3n) is 4.64. The smallest absolute Gasteiger partial charge is 0.258 e. The summed E-state index contributed by atoms with van der Waals surface area (Å²) >= 11 is 5.90. The third kappa shape index (κ3) is 4.51. The minimum absolute atomic E-state index is 0.107. The van der Waals surface area contributed by atoms with Gasteiger partial charge in [0.05, 0.1) is 4.90 Å². The normalized spacial score (nSPS) is 14.1. The van der Waals surface area contributed by atoms with Crippen LogP contribution in [0.1, 0.15) is 42.1 Å². The van der Waals surface area contributed by atoms with Gasteiger partial charge in [0.15, 0.2) is 0 Å². The van der Waals surface area contributed by atoms with Crippen molar-refractivity contribution >= 4 is 33.2 Å². The van der Waals surface area contributed by atoms with Gasteiger partial charge in [-0.15, -0.1) is 0 Å². The number of anilines is 1. The third-order valence-corrected chi connectivity index (χ3v) is 6.35. The summed E-state index contributed by atoms with van der Waals surface area (Å²) in [7, 11) is -3.53. The number of amides is 1. The Morgan fingerprint density at radius 3 is 2.63 bits per heavy atom. The Bertz CT molecular complexity index is 927. The van der Waals surface area contributed by atoms with Crippen molar-refractivity contribution in [3.05, 3.63) is 58.6 Å². The zero-order chi connectivity index (χ0) is 19.4. The molecular weight excluding hydrogens is 384 g/mol. The van der Waals surface area contributed by atoms with Crippen LogP contribution in [0, 0.1) is 0 Å². The van der Waals surface area contributed by atoms with Gasteiger partial charge in [-0.05, 0) is 67.3 Å². The number of carbonyl (C=O) groups excluding carboxylic acids is 1. The lowest BCUT2D eigenvalue weighted by atomic mass is 10.0. The first kappa shape index (κ1) is 19.9. The summed E-state index contributed by atoms with van der Waals surface area (Å²) in [5.41, 5.74) is 2.21. The largest absolute Gasteiger partial charge is 0.308 e. The first-order chi connectivity index (χ1) is 12.9. The van der Waals surface area contributed by atoms with Crippen molar-refractivity contribution in [2.45, 2.75) is 37.5 Å². The molecule has 1 heterocycles. The number of sulfonamides is 1. The van der Waals surface area contributed by atoms with E-state index in [-0.39, 0.29) is 10.8 Å². The van der Waals surface area contributed by atoms with Crippen molar-refractivity contribution in [3.8, 4) is 0 Å². The van der Waals surface area contributed by atoms with Gasteiger partial charge in [0.25, 0.3) is 5.91 Å². The van der Waals surface area contributed by atoms with E-state index in [1.807, 2.05) is 6.92 Å². The molecule has 0 saturated heterocycles. The zero-order valence-corrected chi connectivity index (χ0v) is 16.8. The number of benzene rings is 2. The van der Waals surface area contributed by atoms with E-state index in [1.54, 1.807) is 47.4 Å². The van der Waals surface area contributed by atoms with Crippen LogP contribution in [0.2, 0.25) is 5.02 Å². The van der Waals surface area contributed by atoms with Crippen LogP contribution in [-0.4, -0.2) is 27.4 Å². The standard InChI is InChI=1S/C20H23ClN2O3S/c1-2-3-12-22-27(25,26)18-10-11-19-16(14-18)5-4-13-23(19)20(24)15-6-8-17(21)9-7-15/h6-11,14,22H,2-5,12-13H2,1H3. The number of nitrogens with one attached hydrogen (secondary N) is 1. The van der Waals surface area contributed by atoms with Crippen molar-refractivity contribution in [2.24, 2.45) is 0 Å². The van der Waals surface area contributed by atoms with Gasteiger partial charge in [0.2, 0.25) is 10.0 Å². The molecule has 1 amide bonds. The Morgan fingerprint density at radius 1 is 1.19 bits per heavy atom. The van der Waals surface area contributed by atoms with Gasteiger partial charge in [0, 0.05) is 29.4 Å². The fourth-order valence-electron chi connectivity index (χ4n) is 3.17. The molecule has 144 valence electrons. The Hall–Kier alpha value is -1.89. The monoisotopic (exact) mass is 406 g/mol. The number of hydrogen-bond donors (Lipinski definition) is 1. The van der Waals surface area contributed by atoms with Crippen LogP contribution in [0.5, 0.6) is 0 Å². The van der Waals surface area contributed by atoms with E-state index in [0.717, 1.165) is 36.9 Å². The second-order valence-electron chi connectivity index (χ2n) is 6.61. The molecule has 0 fully saturated rings. The zero-order valence-electron chi connectivity index (χ0n) is 15.2. The highest BCUT2D eigenvalue weighted by molar-refractivity contribution is 7.89. The Balaban J connectivity index is 1.86. The average Bonchev–Trinajstić information content (AvgIpc) is 2.67. The van der Waals surface area contributed by atoms with Crippen LogP contribution in [0.4, 0.5) is 5.69 Å². The van der Waals surface area contributed by atoms with E-state index in [0.29, 0.717) is 23.7 Å². The number of unbranched alkanes of at least 4 members (excludes halogenated alkanes) is 1. The van der Waals surface area contributed by atoms with E-state index < -0.39 is 10.0 Å². The minimum atomic E-state index is -3.53. The summed E-state index contributed by atoms with van der Waals surface area (Å²) in [6, 6.07) is 11.8. The van der Waals surface area contributed by atoms with E-state index >= 15 is 0 Å². The highest BCUT2D eigenvalue weighted by Gasteiger charge is 2.25. The average molecular weight is 407 g/mol. The van der Waals surface area contributed by atoms with Crippen molar-refractivity contribution in [2.75, 3.05) is 18.0 Å². The molecule has 27 heavy (non-hydrogen) atoms. The van der Waals surface area contributed by atoms with Crippen molar-refractivity contribution < 1.29 is 13.2 Å². The second-order valence-corrected chi connectivity index (χ2v) is 8.81. The first-order valence-electron chi connectivity index (χ1n) is 9.12. The van der Waals surface area contributed by atoms with Crippen molar-refractivity contribution in [3.63, 3.8) is 0 Å². The molecule has 2 aromatic carbocycles. The Kier molecular flexibility index (Phi) is 6.19. The number of nitrogens with zero attached hydrogens (tertiary/aromatic N) is 1. The fraction of sp³-hybridized carbons (Fsp3) is 0.350. The molecule has 0 unspecified atom stereocenters. The molecule has 7 heteroatoms. The molecule has 0 bridgehead atoms. The van der Waals surface area contributed by atoms with Gasteiger partial charge in [-0.3, -0.25) is 4.79 Å². The molecule has 0 saturated carbocycles. The minimum Gasteiger partial charge on any atom is -0.308 e. The van der Waals surface area contributed by atoms with Crippen LogP contribution in [0.3, 0.4) is 0 Å². The molecule has 1 aliphatic rings. The number of carbonyl (C=O) groups is 1. The van der Waals surface area contributed by atoms with Crippen LogP contribution >= 0.6 is 11.6 Å². The maximum absolute atomic E-state index is 12.9. The number of hydrogen-bond acceptors (Lipinski definition) is 3. The predicted octanol–water partition coefficient (Wildman–Crippen LogP) is 4.01. The van der Waals surface area contributed by atoms with Crippen LogP contribution in [-0.2, 0) is 16.4 Å². The molecule has 0 aromatic heterocycles. The van der Waals surface area contributed by atoms with Gasteiger partial charge in [0.1, 0.15) is 0 Å². The molecule has 2 aromatic rings. The lowest BCUT2D eigenvalue weighted by molar-refractivity contribution is 0.0985. The molecule has 0 spiro atoms. The van der Waals surface area contributed by atoms with E-state index in [9.17, 15) is 13.2 Å². The SMILES string of the molecule is CCCCNS(=O)(=O)c1ccc2c(c1)CCCN2C(=O)c1ccc(Cl)cc1. The summed E-state index contributed by atoms with van der Waals surface area (Å²) in [4.78, 5) is 14.8. The molecule has 0 radical (unpaired) electrons. The van der Waals surface area contributed by atoms with Gasteiger partial charge < -0.3 is 4.90 Å². The van der Waals surface area contributed by atoms with Gasteiger partial charge in [-0.25, -0.2) is 13.1 Å².